The summed E-state index contributed by atoms with van der Waals surface area (Å²) in [6.07, 6.45) is 1.96. The molecule has 0 heterocycles. The molecule has 3 rings (SSSR count). The van der Waals surface area contributed by atoms with E-state index in [1.165, 1.54) is 0 Å². The van der Waals surface area contributed by atoms with Crippen molar-refractivity contribution in [1.29, 1.82) is 0 Å². The number of nitrogens with one attached hydrogen (secondary N) is 1. The van der Waals surface area contributed by atoms with E-state index in [-0.39, 0.29) is 30.8 Å². The van der Waals surface area contributed by atoms with Crippen LogP contribution < -0.4 is 5.32 Å². The Morgan fingerprint density at radius 2 is 1.60 bits per heavy atom. The molecule has 3 aromatic carbocycles. The molecule has 0 aliphatic rings. The lowest BCUT2D eigenvalue weighted by Crippen LogP contribution is -2.52. The molecule has 2 atom stereocenters. The number of hydrogen-bond donors (Lipinski definition) is 1. The Morgan fingerprint density at radius 1 is 0.914 bits per heavy atom. The first-order valence-electron chi connectivity index (χ1n) is 12.0. The molecule has 0 saturated heterocycles. The number of aryl methyl sites for hydroxylation is 1. The molecule has 4 nitrogen and oxygen atoms in total. The molecule has 0 aliphatic heterocycles. The van der Waals surface area contributed by atoms with Crippen LogP contribution in [0.1, 0.15) is 43.4 Å². The monoisotopic (exact) mass is 510 g/mol. The predicted molar refractivity (Wildman–Crippen MR) is 144 cm³/mol. The van der Waals surface area contributed by atoms with Crippen molar-refractivity contribution in [1.82, 2.24) is 10.2 Å². The molecule has 6 heteroatoms. The predicted octanol–water partition coefficient (Wildman–Crippen LogP) is 6.48. The van der Waals surface area contributed by atoms with E-state index in [0.717, 1.165) is 23.1 Å². The number of carbonyl (C=O) groups is 2. The molecule has 3 aromatic rings. The van der Waals surface area contributed by atoms with Crippen molar-refractivity contribution in [3.63, 3.8) is 0 Å². The molecule has 35 heavy (non-hydrogen) atoms. The van der Waals surface area contributed by atoms with Gasteiger partial charge in [-0.25, -0.2) is 0 Å². The lowest BCUT2D eigenvalue weighted by atomic mass is 10.0. The lowest BCUT2D eigenvalue weighted by molar-refractivity contribution is -0.141. The highest BCUT2D eigenvalue weighted by molar-refractivity contribution is 6.31. The summed E-state index contributed by atoms with van der Waals surface area (Å²) in [6, 6.07) is 24.1. The third-order valence-corrected chi connectivity index (χ3v) is 6.68. The van der Waals surface area contributed by atoms with E-state index in [1.807, 2.05) is 86.6 Å². The van der Waals surface area contributed by atoms with E-state index in [1.54, 1.807) is 11.0 Å². The minimum atomic E-state index is -0.663. The van der Waals surface area contributed by atoms with E-state index in [2.05, 4.69) is 5.32 Å². The highest BCUT2D eigenvalue weighted by atomic mass is 35.5. The number of rotatable bonds is 11. The smallest absolute Gasteiger partial charge is 0.243 e. The summed E-state index contributed by atoms with van der Waals surface area (Å²) in [5, 5.41) is 4.31. The minimum absolute atomic E-state index is 0.00650. The molecule has 1 N–H and O–H groups in total. The van der Waals surface area contributed by atoms with Gasteiger partial charge in [0.05, 0.1) is 0 Å². The Hall–Kier alpha value is -2.82. The van der Waals surface area contributed by atoms with Crippen molar-refractivity contribution >= 4 is 35.0 Å². The standard InChI is InChI=1S/C29H32Cl2N2O2/c1-3-21(2)32-29(35)27(19-22-10-5-4-6-11-22)33(20-23-12-9-14-25(30)18-23)28(34)17-16-24-13-7-8-15-26(24)31/h4-15,18,21,27H,3,16-17,19-20H2,1-2H3,(H,32,35). The van der Waals surface area contributed by atoms with Crippen LogP contribution in [0.25, 0.3) is 0 Å². The second-order valence-corrected chi connectivity index (χ2v) is 9.61. The van der Waals surface area contributed by atoms with Gasteiger partial charge in [-0.05, 0) is 54.7 Å². The Bertz CT molecular complexity index is 1120. The number of hydrogen-bond acceptors (Lipinski definition) is 2. The summed E-state index contributed by atoms with van der Waals surface area (Å²) in [7, 11) is 0. The molecular weight excluding hydrogens is 479 g/mol. The number of nitrogens with zero attached hydrogens (tertiary/aromatic N) is 1. The molecule has 0 spiro atoms. The summed E-state index contributed by atoms with van der Waals surface area (Å²) in [5.41, 5.74) is 2.78. The van der Waals surface area contributed by atoms with Crippen LogP contribution >= 0.6 is 23.2 Å². The molecule has 0 radical (unpaired) electrons. The molecular formula is C29H32Cl2N2O2. The molecule has 0 saturated carbocycles. The minimum Gasteiger partial charge on any atom is -0.352 e. The second kappa shape index (κ2) is 13.3. The molecule has 0 aliphatic carbocycles. The highest BCUT2D eigenvalue weighted by Crippen LogP contribution is 2.21. The van der Waals surface area contributed by atoms with Crippen molar-refractivity contribution < 1.29 is 9.59 Å². The van der Waals surface area contributed by atoms with Crippen LogP contribution in [0.2, 0.25) is 10.0 Å². The zero-order chi connectivity index (χ0) is 25.2. The third-order valence-electron chi connectivity index (χ3n) is 6.08. The van der Waals surface area contributed by atoms with E-state index >= 15 is 0 Å². The Kier molecular flexibility index (Phi) is 10.2. The van der Waals surface area contributed by atoms with Gasteiger partial charge < -0.3 is 10.2 Å². The first-order chi connectivity index (χ1) is 16.9. The van der Waals surface area contributed by atoms with Gasteiger partial charge in [0.15, 0.2) is 0 Å². The highest BCUT2D eigenvalue weighted by Gasteiger charge is 2.30. The lowest BCUT2D eigenvalue weighted by Gasteiger charge is -2.32. The van der Waals surface area contributed by atoms with Gasteiger partial charge in [-0.3, -0.25) is 9.59 Å². The Morgan fingerprint density at radius 3 is 2.29 bits per heavy atom. The largest absolute Gasteiger partial charge is 0.352 e. The Labute approximate surface area is 218 Å². The quantitative estimate of drug-likeness (QED) is 0.320. The zero-order valence-electron chi connectivity index (χ0n) is 20.2. The van der Waals surface area contributed by atoms with Crippen molar-refractivity contribution in [2.45, 2.75) is 58.2 Å². The van der Waals surface area contributed by atoms with E-state index in [0.29, 0.717) is 22.9 Å². The summed E-state index contributed by atoms with van der Waals surface area (Å²) >= 11 is 12.6. The van der Waals surface area contributed by atoms with Gasteiger partial charge in [-0.2, -0.15) is 0 Å². The van der Waals surface area contributed by atoms with Gasteiger partial charge in [0, 0.05) is 35.5 Å². The third kappa shape index (κ3) is 8.12. The van der Waals surface area contributed by atoms with Crippen LogP contribution in [0, 0.1) is 0 Å². The summed E-state index contributed by atoms with van der Waals surface area (Å²) < 4.78 is 0. The number of halogens is 2. The van der Waals surface area contributed by atoms with Gasteiger partial charge in [0.2, 0.25) is 11.8 Å². The fourth-order valence-electron chi connectivity index (χ4n) is 3.91. The molecule has 2 unspecified atom stereocenters. The van der Waals surface area contributed by atoms with Crippen LogP contribution in [0.5, 0.6) is 0 Å². The van der Waals surface area contributed by atoms with Crippen LogP contribution in [-0.4, -0.2) is 28.8 Å². The van der Waals surface area contributed by atoms with Crippen molar-refractivity contribution in [3.05, 3.63) is 106 Å². The van der Waals surface area contributed by atoms with Crippen LogP contribution in [0.3, 0.4) is 0 Å². The van der Waals surface area contributed by atoms with Gasteiger partial charge in [0.25, 0.3) is 0 Å². The average Bonchev–Trinajstić information content (AvgIpc) is 2.86. The summed E-state index contributed by atoms with van der Waals surface area (Å²) in [5.74, 6) is -0.263. The molecule has 2 amide bonds. The maximum absolute atomic E-state index is 13.7. The maximum Gasteiger partial charge on any atom is 0.243 e. The van der Waals surface area contributed by atoms with Crippen LogP contribution in [-0.2, 0) is 29.0 Å². The van der Waals surface area contributed by atoms with Gasteiger partial charge in [-0.1, -0.05) is 90.8 Å². The number of carbonyl (C=O) groups excluding carboxylic acids is 2. The maximum atomic E-state index is 13.7. The topological polar surface area (TPSA) is 49.4 Å². The SMILES string of the molecule is CCC(C)NC(=O)C(Cc1ccccc1)N(Cc1cccc(Cl)c1)C(=O)CCc1ccccc1Cl. The van der Waals surface area contributed by atoms with Crippen LogP contribution in [0.15, 0.2) is 78.9 Å². The van der Waals surface area contributed by atoms with E-state index in [9.17, 15) is 9.59 Å². The van der Waals surface area contributed by atoms with E-state index < -0.39 is 6.04 Å². The molecule has 0 bridgehead atoms. The van der Waals surface area contributed by atoms with Crippen molar-refractivity contribution in [3.8, 4) is 0 Å². The number of amides is 2. The fraction of sp³-hybridized carbons (Fsp3) is 0.310. The first kappa shape index (κ1) is 26.8. The summed E-state index contributed by atoms with van der Waals surface area (Å²) in [4.78, 5) is 28.9. The van der Waals surface area contributed by atoms with Crippen LogP contribution in [0.4, 0.5) is 0 Å². The van der Waals surface area contributed by atoms with Crippen molar-refractivity contribution in [2.24, 2.45) is 0 Å². The molecule has 0 fully saturated rings. The van der Waals surface area contributed by atoms with Gasteiger partial charge >= 0.3 is 0 Å². The number of benzene rings is 3. The second-order valence-electron chi connectivity index (χ2n) is 8.77. The first-order valence-corrected chi connectivity index (χ1v) is 12.7. The molecule has 0 aromatic heterocycles. The molecule has 184 valence electrons. The zero-order valence-corrected chi connectivity index (χ0v) is 21.7. The van der Waals surface area contributed by atoms with Gasteiger partial charge in [0.1, 0.15) is 6.04 Å². The van der Waals surface area contributed by atoms with Gasteiger partial charge in [-0.15, -0.1) is 0 Å². The fourth-order valence-corrected chi connectivity index (χ4v) is 4.36. The summed E-state index contributed by atoms with van der Waals surface area (Å²) in [6.45, 7) is 4.28. The van der Waals surface area contributed by atoms with E-state index in [4.69, 9.17) is 23.2 Å². The normalized spacial score (nSPS) is 12.6. The van der Waals surface area contributed by atoms with Crippen molar-refractivity contribution in [2.75, 3.05) is 0 Å². The average molecular weight is 511 g/mol. The Balaban J connectivity index is 1.92.